The second-order valence-corrected chi connectivity index (χ2v) is 11.1. The topological polar surface area (TPSA) is 80.8 Å². The van der Waals surface area contributed by atoms with Crippen LogP contribution in [0.25, 0.3) is 0 Å². The summed E-state index contributed by atoms with van der Waals surface area (Å²) in [5, 5.41) is 0. The molecule has 0 N–H and O–H groups in total. The van der Waals surface area contributed by atoms with E-state index in [0.29, 0.717) is 22.6 Å². The molecule has 0 radical (unpaired) electrons. The predicted octanol–water partition coefficient (Wildman–Crippen LogP) is 4.06. The van der Waals surface area contributed by atoms with E-state index in [1.165, 1.54) is 15.6 Å². The summed E-state index contributed by atoms with van der Waals surface area (Å²) >= 11 is 1.42. The summed E-state index contributed by atoms with van der Waals surface area (Å²) in [5.41, 5.74) is 2.49. The van der Waals surface area contributed by atoms with Crippen LogP contribution in [0, 0.1) is 26.7 Å². The van der Waals surface area contributed by atoms with Gasteiger partial charge in [0.15, 0.2) is 6.61 Å². The van der Waals surface area contributed by atoms with E-state index < -0.39 is 21.9 Å². The molecule has 0 saturated carbocycles. The number of aryl methyl sites for hydroxylation is 4. The molecule has 1 aromatic carbocycles. The summed E-state index contributed by atoms with van der Waals surface area (Å²) in [4.78, 5) is 26.7. The Bertz CT molecular complexity index is 1060. The van der Waals surface area contributed by atoms with Crippen molar-refractivity contribution in [1.29, 1.82) is 0 Å². The second-order valence-electron chi connectivity index (χ2n) is 8.06. The van der Waals surface area contributed by atoms with E-state index in [-0.39, 0.29) is 25.5 Å². The molecule has 6 nitrogen and oxygen atoms in total. The van der Waals surface area contributed by atoms with Gasteiger partial charge in [-0.15, -0.1) is 11.3 Å². The van der Waals surface area contributed by atoms with Crippen LogP contribution < -0.4 is 0 Å². The van der Waals surface area contributed by atoms with Crippen molar-refractivity contribution >= 4 is 33.1 Å². The first-order valence-corrected chi connectivity index (χ1v) is 12.8. The number of hydrogen-bond acceptors (Lipinski definition) is 6. The monoisotopic (exact) mass is 463 g/mol. The fourth-order valence-electron chi connectivity index (χ4n) is 4.08. The molecule has 168 valence electrons. The van der Waals surface area contributed by atoms with Gasteiger partial charge < -0.3 is 4.74 Å². The van der Waals surface area contributed by atoms with E-state index in [2.05, 4.69) is 0 Å². The highest BCUT2D eigenvalue weighted by Gasteiger charge is 2.34. The quantitative estimate of drug-likeness (QED) is 0.457. The van der Waals surface area contributed by atoms with Crippen LogP contribution in [0.1, 0.15) is 51.0 Å². The van der Waals surface area contributed by atoms with Crippen molar-refractivity contribution in [2.45, 2.75) is 51.9 Å². The van der Waals surface area contributed by atoms with Crippen molar-refractivity contribution in [3.63, 3.8) is 0 Å². The number of thiophene rings is 1. The third kappa shape index (κ3) is 5.25. The number of benzene rings is 1. The molecule has 0 unspecified atom stereocenters. The number of ether oxygens (including phenoxy) is 1. The molecule has 1 aliphatic heterocycles. The summed E-state index contributed by atoms with van der Waals surface area (Å²) in [6, 6.07) is 7.42. The van der Waals surface area contributed by atoms with Crippen LogP contribution >= 0.6 is 11.3 Å². The maximum atomic E-state index is 13.2. The largest absolute Gasteiger partial charge is 0.457 e. The van der Waals surface area contributed by atoms with E-state index in [9.17, 15) is 18.0 Å². The Labute approximate surface area is 188 Å². The number of ketones is 1. The molecular weight excluding hydrogens is 434 g/mol. The summed E-state index contributed by atoms with van der Waals surface area (Å²) in [6.45, 7) is 7.83. The Morgan fingerprint density at radius 3 is 2.26 bits per heavy atom. The molecule has 8 heteroatoms. The minimum absolute atomic E-state index is 0.205. The first-order valence-electron chi connectivity index (χ1n) is 10.5. The van der Waals surface area contributed by atoms with Crippen molar-refractivity contribution in [2.75, 3.05) is 19.7 Å². The summed E-state index contributed by atoms with van der Waals surface area (Å²) in [6.07, 6.45) is 1.63. The summed E-state index contributed by atoms with van der Waals surface area (Å²) in [5.74, 6) is -1.03. The number of piperidine rings is 1. The van der Waals surface area contributed by atoms with Gasteiger partial charge in [-0.05, 0) is 63.3 Å². The Balaban J connectivity index is 1.57. The maximum absolute atomic E-state index is 13.2. The molecule has 0 atom stereocenters. The third-order valence-corrected chi connectivity index (χ3v) is 9.10. The predicted molar refractivity (Wildman–Crippen MR) is 121 cm³/mol. The lowest BCUT2D eigenvalue weighted by atomic mass is 9.98. The van der Waals surface area contributed by atoms with Gasteiger partial charge in [0.05, 0.1) is 15.7 Å². The van der Waals surface area contributed by atoms with E-state index in [0.717, 1.165) is 28.0 Å². The third-order valence-electron chi connectivity index (χ3n) is 5.62. The zero-order chi connectivity index (χ0) is 22.8. The zero-order valence-electron chi connectivity index (χ0n) is 18.4. The van der Waals surface area contributed by atoms with Gasteiger partial charge >= 0.3 is 5.97 Å². The van der Waals surface area contributed by atoms with Gasteiger partial charge in [-0.3, -0.25) is 9.59 Å². The lowest BCUT2D eigenvalue weighted by Gasteiger charge is -2.31. The minimum atomic E-state index is -3.62. The van der Waals surface area contributed by atoms with Crippen molar-refractivity contribution in [1.82, 2.24) is 4.31 Å². The van der Waals surface area contributed by atoms with E-state index in [1.807, 2.05) is 45.9 Å². The fourth-order valence-corrected chi connectivity index (χ4v) is 6.83. The molecule has 1 aliphatic rings. The van der Waals surface area contributed by atoms with Crippen molar-refractivity contribution < 1.29 is 22.7 Å². The molecule has 1 aromatic heterocycles. The zero-order valence-corrected chi connectivity index (χ0v) is 20.1. The van der Waals surface area contributed by atoms with Crippen molar-refractivity contribution in [2.24, 2.45) is 5.92 Å². The van der Waals surface area contributed by atoms with Crippen LogP contribution in [0.15, 0.2) is 29.2 Å². The van der Waals surface area contributed by atoms with Gasteiger partial charge in [0.1, 0.15) is 0 Å². The van der Waals surface area contributed by atoms with Gasteiger partial charge in [-0.2, -0.15) is 4.31 Å². The average Bonchev–Trinajstić information content (AvgIpc) is 3.20. The molecule has 2 aromatic rings. The lowest BCUT2D eigenvalue weighted by Crippen LogP contribution is -2.41. The first kappa shape index (κ1) is 23.6. The minimum Gasteiger partial charge on any atom is -0.457 e. The van der Waals surface area contributed by atoms with Crippen LogP contribution in [0.4, 0.5) is 0 Å². The molecule has 1 saturated heterocycles. The number of sulfonamides is 1. The van der Waals surface area contributed by atoms with Crippen LogP contribution in [0.3, 0.4) is 0 Å². The van der Waals surface area contributed by atoms with Crippen LogP contribution in [0.2, 0.25) is 0 Å². The number of esters is 1. The van der Waals surface area contributed by atoms with Crippen LogP contribution in [-0.4, -0.2) is 44.2 Å². The highest BCUT2D eigenvalue weighted by atomic mass is 32.2. The smallest absolute Gasteiger partial charge is 0.309 e. The van der Waals surface area contributed by atoms with Gasteiger partial charge in [0, 0.05) is 18.0 Å². The highest BCUT2D eigenvalue weighted by Crippen LogP contribution is 2.29. The molecule has 2 heterocycles. The molecule has 0 aliphatic carbocycles. The number of carbonyl (C=O) groups excluding carboxylic acids is 2. The number of carbonyl (C=O) groups is 2. The molecule has 0 spiro atoms. The number of nitrogens with zero attached hydrogens (tertiary/aromatic N) is 1. The second kappa shape index (κ2) is 9.63. The van der Waals surface area contributed by atoms with Gasteiger partial charge in [-0.1, -0.05) is 24.6 Å². The van der Waals surface area contributed by atoms with Crippen molar-refractivity contribution in [3.05, 3.63) is 50.7 Å². The molecular formula is C23H29NO5S2. The van der Waals surface area contributed by atoms with E-state index in [1.54, 1.807) is 6.07 Å². The van der Waals surface area contributed by atoms with Gasteiger partial charge in [0.2, 0.25) is 15.8 Å². The Morgan fingerprint density at radius 1 is 1.10 bits per heavy atom. The standard InChI is InChI=1S/C23H29NO5S2/c1-5-19-6-7-21(30-19)20(25)14-29-23(26)18-8-10-24(11-9-18)31(27,28)22-16(3)12-15(2)13-17(22)4/h6-7,12-13,18H,5,8-11,14H2,1-4H3. The Hall–Kier alpha value is -2.03. The normalized spacial score (nSPS) is 15.7. The summed E-state index contributed by atoms with van der Waals surface area (Å²) in [7, 11) is -3.62. The first-order chi connectivity index (χ1) is 14.6. The van der Waals surface area contributed by atoms with Crippen LogP contribution in [-0.2, 0) is 26.0 Å². The number of hydrogen-bond donors (Lipinski definition) is 0. The molecule has 1 fully saturated rings. The highest BCUT2D eigenvalue weighted by molar-refractivity contribution is 7.89. The van der Waals surface area contributed by atoms with Gasteiger partial charge in [0.25, 0.3) is 0 Å². The van der Waals surface area contributed by atoms with Crippen LogP contribution in [0.5, 0.6) is 0 Å². The van der Waals surface area contributed by atoms with E-state index >= 15 is 0 Å². The summed E-state index contributed by atoms with van der Waals surface area (Å²) < 4.78 is 33.1. The molecule has 0 amide bonds. The average molecular weight is 464 g/mol. The lowest BCUT2D eigenvalue weighted by molar-refractivity contribution is -0.148. The number of rotatable bonds is 7. The Morgan fingerprint density at radius 2 is 1.71 bits per heavy atom. The Kier molecular flexibility index (Phi) is 7.34. The van der Waals surface area contributed by atoms with E-state index in [4.69, 9.17) is 4.74 Å². The SMILES string of the molecule is CCc1ccc(C(=O)COC(=O)C2CCN(S(=O)(=O)c3c(C)cc(C)cc3C)CC2)s1. The fraction of sp³-hybridized carbons (Fsp3) is 0.478. The maximum Gasteiger partial charge on any atom is 0.309 e. The van der Waals surface area contributed by atoms with Gasteiger partial charge in [-0.25, -0.2) is 8.42 Å². The molecule has 3 rings (SSSR count). The molecule has 0 bridgehead atoms. The number of Topliss-reactive ketones (excluding diaryl/α,β-unsaturated/α-hetero) is 1. The van der Waals surface area contributed by atoms with Crippen molar-refractivity contribution in [3.8, 4) is 0 Å². The molecule has 31 heavy (non-hydrogen) atoms.